The van der Waals surface area contributed by atoms with Crippen LogP contribution in [0.3, 0.4) is 0 Å². The van der Waals surface area contributed by atoms with Crippen molar-refractivity contribution in [2.75, 3.05) is 5.32 Å². The van der Waals surface area contributed by atoms with Crippen molar-refractivity contribution in [1.29, 1.82) is 5.26 Å². The molecule has 0 atom stereocenters. The minimum Gasteiger partial charge on any atom is -0.447 e. The first-order valence-corrected chi connectivity index (χ1v) is 10.6. The first-order valence-electron chi connectivity index (χ1n) is 10.6. The fourth-order valence-corrected chi connectivity index (χ4v) is 3.65. The molecule has 0 unspecified atom stereocenters. The van der Waals surface area contributed by atoms with Crippen molar-refractivity contribution in [2.24, 2.45) is 0 Å². The lowest BCUT2D eigenvalue weighted by molar-refractivity contribution is 0.130. The summed E-state index contributed by atoms with van der Waals surface area (Å²) in [6.07, 6.45) is 2.52. The third kappa shape index (κ3) is 4.62. The number of ether oxygens (including phenoxy) is 2. The summed E-state index contributed by atoms with van der Waals surface area (Å²) in [7, 11) is 0. The maximum Gasteiger partial charge on any atom is 0.411 e. The number of fused-ring (bicyclic) bond motifs is 1. The van der Waals surface area contributed by atoms with E-state index in [1.807, 2.05) is 31.2 Å². The molecule has 0 fully saturated rings. The fourth-order valence-electron chi connectivity index (χ4n) is 3.65. The van der Waals surface area contributed by atoms with E-state index in [1.54, 1.807) is 50.5 Å². The Kier molecular flexibility index (Phi) is 6.22. The normalized spacial score (nSPS) is 10.8. The van der Waals surface area contributed by atoms with Gasteiger partial charge in [-0.1, -0.05) is 12.1 Å². The van der Waals surface area contributed by atoms with Crippen molar-refractivity contribution in [3.05, 3.63) is 66.5 Å². The predicted molar refractivity (Wildman–Crippen MR) is 125 cm³/mol. The van der Waals surface area contributed by atoms with Gasteiger partial charge in [0.05, 0.1) is 22.9 Å². The fraction of sp³-hybridized carbons (Fsp3) is 0.200. The molecule has 4 aromatic rings. The van der Waals surface area contributed by atoms with E-state index in [9.17, 15) is 10.1 Å². The number of hydrogen-bond donors (Lipinski definition) is 1. The van der Waals surface area contributed by atoms with Crippen LogP contribution in [-0.4, -0.2) is 26.7 Å². The zero-order valence-corrected chi connectivity index (χ0v) is 18.6. The number of nitrogens with one attached hydrogen (secondary N) is 1. The van der Waals surface area contributed by atoms with Crippen LogP contribution in [0.5, 0.6) is 11.8 Å². The van der Waals surface area contributed by atoms with Crippen molar-refractivity contribution in [2.45, 2.75) is 33.4 Å². The number of amides is 1. The number of anilines is 1. The van der Waals surface area contributed by atoms with E-state index in [2.05, 4.69) is 25.9 Å². The molecule has 166 valence electrons. The van der Waals surface area contributed by atoms with Gasteiger partial charge in [-0.25, -0.2) is 14.8 Å². The molecule has 0 spiro atoms. The molecule has 2 aromatic carbocycles. The van der Waals surface area contributed by atoms with E-state index in [0.717, 1.165) is 22.2 Å². The Hall–Kier alpha value is -4.38. The van der Waals surface area contributed by atoms with E-state index in [-0.39, 0.29) is 12.1 Å². The number of aryl methyl sites for hydroxylation is 1. The third-order valence-electron chi connectivity index (χ3n) is 4.96. The molecule has 33 heavy (non-hydrogen) atoms. The molecule has 1 amide bonds. The summed E-state index contributed by atoms with van der Waals surface area (Å²) in [4.78, 5) is 20.1. The molecule has 8 nitrogen and oxygen atoms in total. The van der Waals surface area contributed by atoms with Crippen molar-refractivity contribution >= 4 is 22.7 Å². The number of benzene rings is 2. The van der Waals surface area contributed by atoms with Crippen LogP contribution in [0.4, 0.5) is 10.5 Å². The van der Waals surface area contributed by atoms with Gasteiger partial charge >= 0.3 is 12.1 Å². The number of rotatable bonds is 6. The molecule has 4 rings (SSSR count). The van der Waals surface area contributed by atoms with Crippen molar-refractivity contribution < 1.29 is 14.3 Å². The Morgan fingerprint density at radius 2 is 1.88 bits per heavy atom. The number of aromatic nitrogens is 3. The highest BCUT2D eigenvalue weighted by Gasteiger charge is 2.19. The summed E-state index contributed by atoms with van der Waals surface area (Å²) in [6, 6.07) is 17.2. The van der Waals surface area contributed by atoms with E-state index in [1.165, 1.54) is 0 Å². The number of carbonyl (C=O) groups is 1. The molecule has 2 heterocycles. The van der Waals surface area contributed by atoms with Gasteiger partial charge in [-0.05, 0) is 56.7 Å². The Morgan fingerprint density at radius 1 is 1.15 bits per heavy atom. The molecule has 0 radical (unpaired) electrons. The van der Waals surface area contributed by atoms with Crippen LogP contribution < -0.4 is 10.1 Å². The highest BCUT2D eigenvalue weighted by Crippen LogP contribution is 2.36. The van der Waals surface area contributed by atoms with Crippen LogP contribution >= 0.6 is 0 Å². The van der Waals surface area contributed by atoms with Gasteiger partial charge in [0.1, 0.15) is 11.8 Å². The minimum absolute atomic E-state index is 0.204. The maximum absolute atomic E-state index is 11.9. The van der Waals surface area contributed by atoms with Gasteiger partial charge < -0.3 is 14.0 Å². The van der Waals surface area contributed by atoms with Gasteiger partial charge in [0.2, 0.25) is 0 Å². The van der Waals surface area contributed by atoms with E-state index >= 15 is 0 Å². The van der Waals surface area contributed by atoms with Crippen LogP contribution in [0, 0.1) is 11.3 Å². The molecular weight excluding hydrogens is 418 g/mol. The largest absolute Gasteiger partial charge is 0.447 e. The first kappa shape index (κ1) is 21.8. The molecule has 1 N–H and O–H groups in total. The van der Waals surface area contributed by atoms with Gasteiger partial charge in [0.25, 0.3) is 0 Å². The average molecular weight is 441 g/mol. The summed E-state index contributed by atoms with van der Waals surface area (Å²) in [5, 5.41) is 13.5. The van der Waals surface area contributed by atoms with Crippen molar-refractivity contribution in [3.63, 3.8) is 0 Å². The summed E-state index contributed by atoms with van der Waals surface area (Å²) in [5.74, 6) is 0.583. The number of nitrogens with zero attached hydrogens (tertiary/aromatic N) is 4. The zero-order chi connectivity index (χ0) is 23.4. The number of hydrogen-bond acceptors (Lipinski definition) is 6. The molecule has 2 aromatic heterocycles. The van der Waals surface area contributed by atoms with Crippen LogP contribution in [0.2, 0.25) is 0 Å². The first-order chi connectivity index (χ1) is 16.0. The zero-order valence-electron chi connectivity index (χ0n) is 18.6. The number of nitriles is 1. The molecule has 0 saturated heterocycles. The average Bonchev–Trinajstić information content (AvgIpc) is 3.12. The van der Waals surface area contributed by atoms with Crippen LogP contribution in [-0.2, 0) is 11.3 Å². The molecular formula is C25H23N5O3. The molecule has 0 aliphatic rings. The summed E-state index contributed by atoms with van der Waals surface area (Å²) in [6.45, 7) is 6.26. The highest BCUT2D eigenvalue weighted by molar-refractivity contribution is 5.95. The van der Waals surface area contributed by atoms with Gasteiger partial charge in [0, 0.05) is 36.1 Å². The van der Waals surface area contributed by atoms with Gasteiger partial charge in [-0.2, -0.15) is 5.26 Å². The monoisotopic (exact) mass is 441 g/mol. The molecule has 8 heteroatoms. The Balaban J connectivity index is 1.71. The molecule has 0 bridgehead atoms. The molecule has 0 saturated carbocycles. The minimum atomic E-state index is -0.506. The van der Waals surface area contributed by atoms with E-state index in [0.29, 0.717) is 23.5 Å². The maximum atomic E-state index is 11.9. The Bertz CT molecular complexity index is 1320. The summed E-state index contributed by atoms with van der Waals surface area (Å²) >= 11 is 0. The quantitative estimate of drug-likeness (QED) is 0.409. The van der Waals surface area contributed by atoms with E-state index < -0.39 is 6.09 Å². The lowest BCUT2D eigenvalue weighted by Crippen LogP contribution is -2.17. The lowest BCUT2D eigenvalue weighted by Gasteiger charge is -2.11. The second-order valence-corrected chi connectivity index (χ2v) is 7.55. The standard InChI is InChI=1S/C25H23N5O3/c1-4-30-22-14-19(33-24-27-12-5-13-28-24)10-11-20(22)21(15-26)23(30)17-6-8-18(9-7-17)29-25(31)32-16(2)3/h5-14,16H,4H2,1-3H3,(H,29,31). The molecule has 0 aliphatic heterocycles. The van der Waals surface area contributed by atoms with Gasteiger partial charge in [-0.3, -0.25) is 5.32 Å². The van der Waals surface area contributed by atoms with Crippen LogP contribution in [0.15, 0.2) is 60.9 Å². The van der Waals surface area contributed by atoms with E-state index in [4.69, 9.17) is 9.47 Å². The lowest BCUT2D eigenvalue weighted by atomic mass is 10.1. The summed E-state index contributed by atoms with van der Waals surface area (Å²) < 4.78 is 13.0. The predicted octanol–water partition coefficient (Wildman–Crippen LogP) is 5.74. The Labute approximate surface area is 191 Å². The second-order valence-electron chi connectivity index (χ2n) is 7.55. The van der Waals surface area contributed by atoms with Crippen molar-refractivity contribution in [3.8, 4) is 29.1 Å². The highest BCUT2D eigenvalue weighted by atomic mass is 16.6. The van der Waals surface area contributed by atoms with Crippen molar-refractivity contribution in [1.82, 2.24) is 14.5 Å². The van der Waals surface area contributed by atoms with Crippen LogP contribution in [0.1, 0.15) is 26.3 Å². The van der Waals surface area contributed by atoms with Gasteiger partial charge in [0.15, 0.2) is 0 Å². The van der Waals surface area contributed by atoms with Gasteiger partial charge in [-0.15, -0.1) is 0 Å². The third-order valence-corrected chi connectivity index (χ3v) is 4.96. The van der Waals surface area contributed by atoms with Crippen LogP contribution in [0.25, 0.3) is 22.2 Å². The smallest absolute Gasteiger partial charge is 0.411 e. The second kappa shape index (κ2) is 9.40. The SMILES string of the molecule is CCn1c(-c2ccc(NC(=O)OC(C)C)cc2)c(C#N)c2ccc(Oc3ncccn3)cc21. The topological polar surface area (TPSA) is 102 Å². The molecule has 0 aliphatic carbocycles. The Morgan fingerprint density at radius 3 is 2.52 bits per heavy atom. The summed E-state index contributed by atoms with van der Waals surface area (Å²) in [5.41, 5.74) is 3.73. The number of carbonyl (C=O) groups excluding carboxylic acids is 1.